The molecule has 148 valence electrons. The lowest BCUT2D eigenvalue weighted by atomic mass is 9.93. The third-order valence-electron chi connectivity index (χ3n) is 3.07. The van der Waals surface area contributed by atoms with E-state index in [1.807, 2.05) is 27.7 Å². The number of nitrogens with zero attached hydrogens (tertiary/aromatic N) is 2. The smallest absolute Gasteiger partial charge is 0.407 e. The molecule has 7 nitrogen and oxygen atoms in total. The Balaban J connectivity index is 4.19. The highest BCUT2D eigenvalue weighted by molar-refractivity contribution is 5.79. The van der Waals surface area contributed by atoms with Crippen LogP contribution in [0.4, 0.5) is 4.79 Å². The third kappa shape index (κ3) is 14.5. The van der Waals surface area contributed by atoms with Gasteiger partial charge >= 0.3 is 6.09 Å². The minimum absolute atomic E-state index is 0.115. The number of hydrogen-bond donors (Lipinski definition) is 3. The molecule has 1 amide bonds. The van der Waals surface area contributed by atoms with Gasteiger partial charge in [-0.05, 0) is 53.6 Å². The lowest BCUT2D eigenvalue weighted by Gasteiger charge is -2.26. The van der Waals surface area contributed by atoms with Crippen molar-refractivity contribution in [3.63, 3.8) is 0 Å². The summed E-state index contributed by atoms with van der Waals surface area (Å²) in [6, 6.07) is 0. The topological polar surface area (TPSA) is 78.0 Å². The number of ether oxygens (including phenoxy) is 1. The second-order valence-electron chi connectivity index (χ2n) is 8.31. The van der Waals surface area contributed by atoms with Crippen LogP contribution in [-0.2, 0) is 4.74 Å². The van der Waals surface area contributed by atoms with E-state index in [1.54, 1.807) is 0 Å². The number of rotatable bonds is 9. The first-order valence-corrected chi connectivity index (χ1v) is 9.09. The van der Waals surface area contributed by atoms with E-state index < -0.39 is 5.60 Å². The summed E-state index contributed by atoms with van der Waals surface area (Å²) in [5, 5.41) is 9.31. The zero-order valence-electron chi connectivity index (χ0n) is 17.5. The number of hydrogen-bond acceptors (Lipinski definition) is 4. The molecule has 0 unspecified atom stereocenters. The Hall–Kier alpha value is -1.50. The summed E-state index contributed by atoms with van der Waals surface area (Å²) in [4.78, 5) is 18.4. The number of nitrogens with one attached hydrogen (secondary N) is 3. The van der Waals surface area contributed by atoms with Gasteiger partial charge in [-0.15, -0.1) is 0 Å². The molecular weight excluding hydrogens is 318 g/mol. The second kappa shape index (κ2) is 11.2. The van der Waals surface area contributed by atoms with Gasteiger partial charge in [0.05, 0.1) is 0 Å². The highest BCUT2D eigenvalue weighted by Crippen LogP contribution is 2.15. The first-order valence-electron chi connectivity index (χ1n) is 9.09. The molecule has 0 radical (unpaired) electrons. The predicted molar refractivity (Wildman–Crippen MR) is 105 cm³/mol. The molecule has 0 atom stereocenters. The fourth-order valence-electron chi connectivity index (χ4n) is 2.34. The Kier molecular flexibility index (Phi) is 10.5. The number of amides is 1. The van der Waals surface area contributed by atoms with Crippen molar-refractivity contribution in [2.24, 2.45) is 10.4 Å². The third-order valence-corrected chi connectivity index (χ3v) is 3.07. The molecule has 7 heteroatoms. The minimum Gasteiger partial charge on any atom is -0.444 e. The maximum atomic E-state index is 11.6. The van der Waals surface area contributed by atoms with Gasteiger partial charge in [0.25, 0.3) is 0 Å². The van der Waals surface area contributed by atoms with Crippen molar-refractivity contribution >= 4 is 12.1 Å². The van der Waals surface area contributed by atoms with E-state index in [0.717, 1.165) is 38.6 Å². The van der Waals surface area contributed by atoms with E-state index in [2.05, 4.69) is 53.8 Å². The van der Waals surface area contributed by atoms with Crippen molar-refractivity contribution < 1.29 is 9.53 Å². The fraction of sp³-hybridized carbons (Fsp3) is 0.889. The Morgan fingerprint density at radius 2 is 1.64 bits per heavy atom. The number of carbonyl (C=O) groups excluding carboxylic acids is 1. The number of alkyl carbamates (subject to hydrolysis) is 1. The van der Waals surface area contributed by atoms with Crippen LogP contribution in [0.3, 0.4) is 0 Å². The molecule has 0 aromatic heterocycles. The fourth-order valence-corrected chi connectivity index (χ4v) is 2.34. The lowest BCUT2D eigenvalue weighted by molar-refractivity contribution is 0.0527. The van der Waals surface area contributed by atoms with Crippen LogP contribution < -0.4 is 16.0 Å². The zero-order valence-corrected chi connectivity index (χ0v) is 17.5. The quantitative estimate of drug-likeness (QED) is 0.334. The predicted octanol–water partition coefficient (Wildman–Crippen LogP) is 2.04. The van der Waals surface area contributed by atoms with Crippen LogP contribution in [-0.4, -0.2) is 69.4 Å². The SMILES string of the molecule is CCNC(=NCC(C)(C)CN(C)C)NCCCNC(=O)OC(C)(C)C. The number of guanidine groups is 1. The molecule has 0 saturated heterocycles. The Morgan fingerprint density at radius 3 is 2.16 bits per heavy atom. The van der Waals surface area contributed by atoms with E-state index in [9.17, 15) is 4.79 Å². The van der Waals surface area contributed by atoms with E-state index in [0.29, 0.717) is 6.54 Å². The molecule has 0 heterocycles. The summed E-state index contributed by atoms with van der Waals surface area (Å²) in [5.74, 6) is 0.812. The van der Waals surface area contributed by atoms with Gasteiger partial charge in [0.15, 0.2) is 5.96 Å². The summed E-state index contributed by atoms with van der Waals surface area (Å²) in [6.45, 7) is 15.9. The summed E-state index contributed by atoms with van der Waals surface area (Å²) in [7, 11) is 4.15. The van der Waals surface area contributed by atoms with E-state index in [-0.39, 0.29) is 11.5 Å². The largest absolute Gasteiger partial charge is 0.444 e. The number of aliphatic imine (C=N–C) groups is 1. The van der Waals surface area contributed by atoms with Crippen LogP contribution in [0.15, 0.2) is 4.99 Å². The normalized spacial score (nSPS) is 12.9. The molecule has 0 bridgehead atoms. The molecule has 0 aliphatic heterocycles. The average Bonchev–Trinajstić information content (AvgIpc) is 2.41. The molecule has 0 aromatic carbocycles. The first kappa shape index (κ1) is 23.5. The molecule has 0 fully saturated rings. The standard InChI is InChI=1S/C18H39N5O2/c1-9-19-15(22-13-18(5,6)14-23(7)8)20-11-10-12-21-16(24)25-17(2,3)4/h9-14H2,1-8H3,(H,21,24)(H2,19,20,22). The molecule has 25 heavy (non-hydrogen) atoms. The van der Waals surface area contributed by atoms with Crippen molar-refractivity contribution in [2.75, 3.05) is 46.8 Å². The highest BCUT2D eigenvalue weighted by atomic mass is 16.6. The van der Waals surface area contributed by atoms with Gasteiger partial charge in [-0.3, -0.25) is 4.99 Å². The van der Waals surface area contributed by atoms with Gasteiger partial charge in [0, 0.05) is 32.7 Å². The van der Waals surface area contributed by atoms with Crippen molar-refractivity contribution in [1.29, 1.82) is 0 Å². The first-order chi connectivity index (χ1) is 11.4. The zero-order chi connectivity index (χ0) is 19.5. The van der Waals surface area contributed by atoms with Gasteiger partial charge < -0.3 is 25.6 Å². The Morgan fingerprint density at radius 1 is 1.04 bits per heavy atom. The molecule has 3 N–H and O–H groups in total. The Labute approximate surface area is 154 Å². The summed E-state index contributed by atoms with van der Waals surface area (Å²) >= 11 is 0. The van der Waals surface area contributed by atoms with Crippen molar-refractivity contribution in [3.8, 4) is 0 Å². The Bertz CT molecular complexity index is 414. The van der Waals surface area contributed by atoms with E-state index in [1.165, 1.54) is 0 Å². The van der Waals surface area contributed by atoms with Crippen molar-refractivity contribution in [2.45, 2.75) is 53.6 Å². The van der Waals surface area contributed by atoms with Gasteiger partial charge in [-0.25, -0.2) is 4.79 Å². The van der Waals surface area contributed by atoms with Crippen LogP contribution in [0.1, 0.15) is 48.0 Å². The lowest BCUT2D eigenvalue weighted by Crippen LogP contribution is -2.40. The van der Waals surface area contributed by atoms with Crippen LogP contribution in [0.25, 0.3) is 0 Å². The molecule has 0 aromatic rings. The van der Waals surface area contributed by atoms with E-state index in [4.69, 9.17) is 4.74 Å². The van der Waals surface area contributed by atoms with Crippen LogP contribution in [0, 0.1) is 5.41 Å². The average molecular weight is 358 g/mol. The molecule has 0 spiro atoms. The van der Waals surface area contributed by atoms with Crippen LogP contribution in [0.5, 0.6) is 0 Å². The molecule has 0 aliphatic carbocycles. The monoisotopic (exact) mass is 357 g/mol. The molecule has 0 saturated carbocycles. The van der Waals surface area contributed by atoms with Gasteiger partial charge in [0.1, 0.15) is 5.60 Å². The van der Waals surface area contributed by atoms with Crippen LogP contribution >= 0.6 is 0 Å². The van der Waals surface area contributed by atoms with Gasteiger partial charge in [-0.1, -0.05) is 13.8 Å². The second-order valence-corrected chi connectivity index (χ2v) is 8.31. The van der Waals surface area contributed by atoms with E-state index >= 15 is 0 Å². The summed E-state index contributed by atoms with van der Waals surface area (Å²) in [5.41, 5.74) is -0.351. The van der Waals surface area contributed by atoms with Crippen molar-refractivity contribution in [1.82, 2.24) is 20.9 Å². The maximum absolute atomic E-state index is 11.6. The highest BCUT2D eigenvalue weighted by Gasteiger charge is 2.18. The minimum atomic E-state index is -0.466. The molecular formula is C18H39N5O2. The van der Waals surface area contributed by atoms with Gasteiger partial charge in [-0.2, -0.15) is 0 Å². The van der Waals surface area contributed by atoms with Gasteiger partial charge in [0.2, 0.25) is 0 Å². The maximum Gasteiger partial charge on any atom is 0.407 e. The molecule has 0 rings (SSSR count). The summed E-state index contributed by atoms with van der Waals surface area (Å²) in [6.07, 6.45) is 0.420. The summed E-state index contributed by atoms with van der Waals surface area (Å²) < 4.78 is 5.20. The number of carbonyl (C=O) groups is 1. The molecule has 0 aliphatic rings. The van der Waals surface area contributed by atoms with Crippen molar-refractivity contribution in [3.05, 3.63) is 0 Å². The van der Waals surface area contributed by atoms with Crippen LogP contribution in [0.2, 0.25) is 0 Å².